The van der Waals surface area contributed by atoms with E-state index in [2.05, 4.69) is 29.7 Å². The molecule has 0 rings (SSSR count). The number of nitrogens with one attached hydrogen (secondary N) is 2. The van der Waals surface area contributed by atoms with Gasteiger partial charge in [-0.3, -0.25) is 4.79 Å². The molecule has 0 aliphatic heterocycles. The van der Waals surface area contributed by atoms with Gasteiger partial charge in [0.2, 0.25) is 5.91 Å². The van der Waals surface area contributed by atoms with E-state index in [0.717, 1.165) is 12.8 Å². The Labute approximate surface area is 154 Å². The Balaban J connectivity index is 3.22. The van der Waals surface area contributed by atoms with E-state index in [-0.39, 0.29) is 12.5 Å². The zero-order valence-corrected chi connectivity index (χ0v) is 16.3. The van der Waals surface area contributed by atoms with Crippen molar-refractivity contribution in [1.29, 1.82) is 0 Å². The van der Waals surface area contributed by atoms with E-state index in [1.807, 2.05) is 0 Å². The third kappa shape index (κ3) is 18.7. The predicted octanol–water partition coefficient (Wildman–Crippen LogP) is 4.72. The summed E-state index contributed by atoms with van der Waals surface area (Å²) in [5.74, 6) is -0.233. The van der Waals surface area contributed by atoms with E-state index < -0.39 is 6.09 Å². The Morgan fingerprint density at radius 2 is 1.40 bits per heavy atom. The van der Waals surface area contributed by atoms with Crippen LogP contribution in [0, 0.1) is 0 Å². The van der Waals surface area contributed by atoms with Gasteiger partial charge in [0.15, 0.2) is 0 Å². The van der Waals surface area contributed by atoms with Crippen molar-refractivity contribution in [2.45, 2.75) is 84.0 Å². The number of carbonyl (C=O) groups is 2. The van der Waals surface area contributed by atoms with E-state index in [4.69, 9.17) is 4.74 Å². The Hall–Kier alpha value is -1.52. The maximum atomic E-state index is 11.3. The van der Waals surface area contributed by atoms with E-state index >= 15 is 0 Å². The van der Waals surface area contributed by atoms with Crippen molar-refractivity contribution in [3.63, 3.8) is 0 Å². The van der Waals surface area contributed by atoms with Crippen molar-refractivity contribution in [3.05, 3.63) is 12.2 Å². The molecule has 0 aromatic carbocycles. The molecule has 0 aliphatic carbocycles. The van der Waals surface area contributed by atoms with Crippen LogP contribution in [0.4, 0.5) is 4.79 Å². The largest absolute Gasteiger partial charge is 0.450 e. The van der Waals surface area contributed by atoms with Crippen molar-refractivity contribution < 1.29 is 14.3 Å². The second-order valence-corrected chi connectivity index (χ2v) is 6.39. The first-order valence-corrected chi connectivity index (χ1v) is 9.97. The van der Waals surface area contributed by atoms with Crippen molar-refractivity contribution >= 4 is 12.0 Å². The zero-order valence-electron chi connectivity index (χ0n) is 16.3. The molecule has 0 spiro atoms. The van der Waals surface area contributed by atoms with Gasteiger partial charge in [-0.25, -0.2) is 4.79 Å². The third-order valence-electron chi connectivity index (χ3n) is 4.06. The highest BCUT2D eigenvalue weighted by Gasteiger charge is 2.03. The van der Waals surface area contributed by atoms with Crippen LogP contribution in [0.5, 0.6) is 0 Å². The summed E-state index contributed by atoms with van der Waals surface area (Å²) in [6.45, 7) is 2.62. The number of ether oxygens (including phenoxy) is 1. The van der Waals surface area contributed by atoms with Crippen LogP contribution in [0.2, 0.25) is 0 Å². The molecule has 0 aliphatic rings. The molecule has 2 N–H and O–H groups in total. The zero-order chi connectivity index (χ0) is 18.6. The second-order valence-electron chi connectivity index (χ2n) is 6.39. The van der Waals surface area contributed by atoms with Gasteiger partial charge >= 0.3 is 6.09 Å². The molecule has 25 heavy (non-hydrogen) atoms. The van der Waals surface area contributed by atoms with Crippen molar-refractivity contribution in [1.82, 2.24) is 10.6 Å². The molecule has 0 fully saturated rings. The lowest BCUT2D eigenvalue weighted by atomic mass is 10.1. The molecule has 0 aromatic heterocycles. The number of amides is 2. The molecule has 0 atom stereocenters. The summed E-state index contributed by atoms with van der Waals surface area (Å²) in [6.07, 6.45) is 18.9. The number of rotatable bonds is 16. The maximum Gasteiger partial charge on any atom is 0.407 e. The first kappa shape index (κ1) is 23.5. The topological polar surface area (TPSA) is 67.4 Å². The minimum absolute atomic E-state index is 0.0392. The van der Waals surface area contributed by atoms with Crippen LogP contribution in [-0.2, 0) is 9.53 Å². The number of carbonyl (C=O) groups excluding carboxylic acids is 2. The maximum absolute atomic E-state index is 11.3. The minimum atomic E-state index is -0.523. The molecular formula is C20H38N2O3. The van der Waals surface area contributed by atoms with E-state index in [0.29, 0.717) is 6.61 Å². The van der Waals surface area contributed by atoms with E-state index in [1.165, 1.54) is 71.3 Å². The Morgan fingerprint density at radius 3 is 2.00 bits per heavy atom. The van der Waals surface area contributed by atoms with Gasteiger partial charge in [-0.2, -0.15) is 0 Å². The predicted molar refractivity (Wildman–Crippen MR) is 104 cm³/mol. The van der Waals surface area contributed by atoms with Crippen LogP contribution >= 0.6 is 0 Å². The molecule has 0 saturated heterocycles. The monoisotopic (exact) mass is 354 g/mol. The van der Waals surface area contributed by atoms with Gasteiger partial charge in [0, 0.05) is 7.05 Å². The lowest BCUT2D eigenvalue weighted by Crippen LogP contribution is -2.35. The SMILES string of the molecule is CCCCCC/C=C\CCCCCCCCOC(=O)NCC(=O)NC. The van der Waals surface area contributed by atoms with Gasteiger partial charge in [-0.05, 0) is 32.1 Å². The quantitative estimate of drug-likeness (QED) is 0.311. The second kappa shape index (κ2) is 18.8. The lowest BCUT2D eigenvalue weighted by Gasteiger charge is -2.06. The highest BCUT2D eigenvalue weighted by molar-refractivity contribution is 5.81. The number of allylic oxidation sites excluding steroid dienone is 2. The van der Waals surface area contributed by atoms with Gasteiger partial charge < -0.3 is 15.4 Å². The smallest absolute Gasteiger partial charge is 0.407 e. The number of hydrogen-bond donors (Lipinski definition) is 2. The summed E-state index contributed by atoms with van der Waals surface area (Å²) in [6, 6.07) is 0. The van der Waals surface area contributed by atoms with E-state index in [1.54, 1.807) is 0 Å². The van der Waals surface area contributed by atoms with Gasteiger partial charge in [0.25, 0.3) is 0 Å². The standard InChI is InChI=1S/C20H38N2O3/c1-3-4-5-6-7-8-9-10-11-12-13-14-15-16-17-25-20(24)22-18-19(23)21-2/h8-9H,3-7,10-18H2,1-2H3,(H,21,23)(H,22,24)/b9-8-. The molecule has 2 amide bonds. The molecule has 0 unspecified atom stereocenters. The van der Waals surface area contributed by atoms with Crippen molar-refractivity contribution in [2.75, 3.05) is 20.2 Å². The van der Waals surface area contributed by atoms with Crippen LogP contribution in [0.3, 0.4) is 0 Å². The Kier molecular flexibility index (Phi) is 17.7. The van der Waals surface area contributed by atoms with E-state index in [9.17, 15) is 9.59 Å². The fraction of sp³-hybridized carbons (Fsp3) is 0.800. The number of hydrogen-bond acceptors (Lipinski definition) is 3. The highest BCUT2D eigenvalue weighted by Crippen LogP contribution is 2.09. The normalized spacial score (nSPS) is 10.8. The molecule has 0 radical (unpaired) electrons. The highest BCUT2D eigenvalue weighted by atomic mass is 16.5. The van der Waals surface area contributed by atoms with Crippen LogP contribution < -0.4 is 10.6 Å². The number of alkyl carbamates (subject to hydrolysis) is 1. The third-order valence-corrected chi connectivity index (χ3v) is 4.06. The van der Waals surface area contributed by atoms with Crippen molar-refractivity contribution in [2.24, 2.45) is 0 Å². The molecule has 0 bridgehead atoms. The first-order chi connectivity index (χ1) is 12.2. The average molecular weight is 355 g/mol. The molecule has 0 saturated carbocycles. The lowest BCUT2D eigenvalue weighted by molar-refractivity contribution is -0.119. The molecule has 146 valence electrons. The van der Waals surface area contributed by atoms with Crippen LogP contribution in [0.25, 0.3) is 0 Å². The fourth-order valence-corrected chi connectivity index (χ4v) is 2.45. The summed E-state index contributed by atoms with van der Waals surface area (Å²) in [5.41, 5.74) is 0. The minimum Gasteiger partial charge on any atom is -0.450 e. The average Bonchev–Trinajstić information content (AvgIpc) is 2.62. The molecule has 0 heterocycles. The Morgan fingerprint density at radius 1 is 0.840 bits per heavy atom. The van der Waals surface area contributed by atoms with Crippen LogP contribution in [-0.4, -0.2) is 32.2 Å². The van der Waals surface area contributed by atoms with Gasteiger partial charge in [0.05, 0.1) is 13.2 Å². The molecule has 5 heteroatoms. The summed E-state index contributed by atoms with van der Waals surface area (Å²) in [4.78, 5) is 22.2. The van der Waals surface area contributed by atoms with Gasteiger partial charge in [-0.15, -0.1) is 0 Å². The Bertz CT molecular complexity index is 357. The number of likely N-dealkylation sites (N-methyl/N-ethyl adjacent to an activating group) is 1. The molecule has 0 aromatic rings. The summed E-state index contributed by atoms with van der Waals surface area (Å²) >= 11 is 0. The van der Waals surface area contributed by atoms with Gasteiger partial charge in [-0.1, -0.05) is 64.0 Å². The first-order valence-electron chi connectivity index (χ1n) is 9.97. The van der Waals surface area contributed by atoms with Gasteiger partial charge in [0.1, 0.15) is 0 Å². The fourth-order valence-electron chi connectivity index (χ4n) is 2.45. The molecule has 5 nitrogen and oxygen atoms in total. The van der Waals surface area contributed by atoms with Crippen LogP contribution in [0.15, 0.2) is 12.2 Å². The number of unbranched alkanes of at least 4 members (excludes halogenated alkanes) is 10. The molecular weight excluding hydrogens is 316 g/mol. The van der Waals surface area contributed by atoms with Crippen molar-refractivity contribution in [3.8, 4) is 0 Å². The summed E-state index contributed by atoms with van der Waals surface area (Å²) < 4.78 is 5.00. The summed E-state index contributed by atoms with van der Waals surface area (Å²) in [7, 11) is 1.53. The summed E-state index contributed by atoms with van der Waals surface area (Å²) in [5, 5.41) is 4.83. The van der Waals surface area contributed by atoms with Crippen LogP contribution in [0.1, 0.15) is 84.0 Å².